The Morgan fingerprint density at radius 3 is 2.79 bits per heavy atom. The fourth-order valence-corrected chi connectivity index (χ4v) is 2.55. The second-order valence-corrected chi connectivity index (χ2v) is 4.98. The number of alkyl halides is 1. The molecule has 0 bridgehead atoms. The van der Waals surface area contributed by atoms with E-state index in [9.17, 15) is 4.79 Å². The van der Waals surface area contributed by atoms with Crippen LogP contribution >= 0.6 is 15.9 Å². The van der Waals surface area contributed by atoms with Crippen LogP contribution in [0.3, 0.4) is 0 Å². The molecule has 96 valence electrons. The van der Waals surface area contributed by atoms with E-state index in [1.54, 1.807) is 18.6 Å². The summed E-state index contributed by atoms with van der Waals surface area (Å²) in [5, 5.41) is 1.25. The molecule has 0 saturated carbocycles. The number of hydrogen-bond donors (Lipinski definition) is 0. The lowest BCUT2D eigenvalue weighted by Crippen LogP contribution is -2.02. The first-order valence-corrected chi connectivity index (χ1v) is 6.97. The summed E-state index contributed by atoms with van der Waals surface area (Å²) in [6.07, 6.45) is 3.12. The molecule has 0 aliphatic carbocycles. The fraction of sp³-hybridized carbons (Fsp3) is 0.133. The van der Waals surface area contributed by atoms with Crippen LogP contribution in [0.1, 0.15) is 11.1 Å². The maximum absolute atomic E-state index is 12.2. The molecule has 3 nitrogen and oxygen atoms in total. The highest BCUT2D eigenvalue weighted by Gasteiger charge is 2.11. The van der Waals surface area contributed by atoms with Crippen molar-refractivity contribution in [3.05, 3.63) is 58.1 Å². The number of furan rings is 1. The van der Waals surface area contributed by atoms with Gasteiger partial charge >= 0.3 is 0 Å². The quantitative estimate of drug-likeness (QED) is 0.663. The van der Waals surface area contributed by atoms with Crippen molar-refractivity contribution < 1.29 is 8.83 Å². The Morgan fingerprint density at radius 1 is 1.26 bits per heavy atom. The smallest absolute Gasteiger partial charge is 0.193 e. The van der Waals surface area contributed by atoms with Gasteiger partial charge in [0, 0.05) is 17.0 Å². The summed E-state index contributed by atoms with van der Waals surface area (Å²) in [5.74, 6) is 0.525. The zero-order valence-corrected chi connectivity index (χ0v) is 11.9. The maximum Gasteiger partial charge on any atom is 0.193 e. The van der Waals surface area contributed by atoms with E-state index in [1.165, 1.54) is 6.07 Å². The first kappa shape index (κ1) is 12.2. The molecule has 0 N–H and O–H groups in total. The molecular weight excluding hydrogens is 308 g/mol. The van der Waals surface area contributed by atoms with E-state index in [2.05, 4.69) is 15.9 Å². The number of halogens is 1. The fourth-order valence-electron chi connectivity index (χ4n) is 2.13. The van der Waals surface area contributed by atoms with Crippen LogP contribution in [0.2, 0.25) is 0 Å². The van der Waals surface area contributed by atoms with Crippen molar-refractivity contribution in [2.75, 3.05) is 0 Å². The van der Waals surface area contributed by atoms with Crippen LogP contribution in [-0.2, 0) is 5.33 Å². The molecule has 0 saturated heterocycles. The number of fused-ring (bicyclic) bond motifs is 1. The third-order valence-corrected chi connectivity index (χ3v) is 3.60. The minimum atomic E-state index is -0.0386. The number of rotatable bonds is 2. The van der Waals surface area contributed by atoms with Gasteiger partial charge in [0.25, 0.3) is 0 Å². The van der Waals surface area contributed by atoms with Gasteiger partial charge in [0.1, 0.15) is 17.6 Å². The van der Waals surface area contributed by atoms with Crippen molar-refractivity contribution in [1.82, 2.24) is 0 Å². The van der Waals surface area contributed by atoms with Crippen molar-refractivity contribution in [2.24, 2.45) is 0 Å². The summed E-state index contributed by atoms with van der Waals surface area (Å²) in [7, 11) is 0. The average Bonchev–Trinajstić information content (AvgIpc) is 2.92. The first-order chi connectivity index (χ1) is 9.19. The number of benzene rings is 1. The van der Waals surface area contributed by atoms with Crippen LogP contribution in [0.5, 0.6) is 0 Å². The Bertz CT molecular complexity index is 785. The van der Waals surface area contributed by atoms with Gasteiger partial charge < -0.3 is 8.83 Å². The van der Waals surface area contributed by atoms with Gasteiger partial charge in [-0.1, -0.05) is 22.0 Å². The van der Waals surface area contributed by atoms with E-state index in [4.69, 9.17) is 8.83 Å². The van der Waals surface area contributed by atoms with Crippen LogP contribution in [0.4, 0.5) is 0 Å². The van der Waals surface area contributed by atoms with E-state index in [-0.39, 0.29) is 5.43 Å². The monoisotopic (exact) mass is 318 g/mol. The number of hydrogen-bond acceptors (Lipinski definition) is 3. The average molecular weight is 319 g/mol. The molecule has 4 heteroatoms. The predicted molar refractivity (Wildman–Crippen MR) is 77.6 cm³/mol. The van der Waals surface area contributed by atoms with Gasteiger partial charge in [-0.2, -0.15) is 0 Å². The summed E-state index contributed by atoms with van der Waals surface area (Å²) in [4.78, 5) is 12.2. The minimum Gasteiger partial charge on any atom is -0.472 e. The normalized spacial score (nSPS) is 11.1. The van der Waals surface area contributed by atoms with Crippen LogP contribution in [0, 0.1) is 6.92 Å². The molecule has 0 aliphatic rings. The highest BCUT2D eigenvalue weighted by molar-refractivity contribution is 9.08. The van der Waals surface area contributed by atoms with E-state index in [1.807, 2.05) is 19.1 Å². The van der Waals surface area contributed by atoms with Crippen LogP contribution in [0.25, 0.3) is 22.3 Å². The van der Waals surface area contributed by atoms with Gasteiger partial charge in [0.2, 0.25) is 0 Å². The first-order valence-electron chi connectivity index (χ1n) is 5.85. The van der Waals surface area contributed by atoms with Gasteiger partial charge in [-0.25, -0.2) is 0 Å². The van der Waals surface area contributed by atoms with Crippen LogP contribution < -0.4 is 5.43 Å². The zero-order chi connectivity index (χ0) is 13.4. The summed E-state index contributed by atoms with van der Waals surface area (Å²) in [6, 6.07) is 7.14. The molecule has 2 heterocycles. The lowest BCUT2D eigenvalue weighted by atomic mass is 10.1. The van der Waals surface area contributed by atoms with Crippen molar-refractivity contribution >= 4 is 26.9 Å². The Labute approximate surface area is 118 Å². The maximum atomic E-state index is 12.2. The molecule has 0 fully saturated rings. The second-order valence-electron chi connectivity index (χ2n) is 4.42. The molecule has 0 radical (unpaired) electrons. The molecule has 3 aromatic rings. The Morgan fingerprint density at radius 2 is 2.11 bits per heavy atom. The number of aryl methyl sites for hydroxylation is 1. The molecule has 0 unspecified atom stereocenters. The summed E-state index contributed by atoms with van der Waals surface area (Å²) in [5.41, 5.74) is 3.37. The Kier molecular flexibility index (Phi) is 3.03. The molecule has 2 aromatic heterocycles. The topological polar surface area (TPSA) is 43.4 Å². The highest BCUT2D eigenvalue weighted by Crippen LogP contribution is 2.26. The highest BCUT2D eigenvalue weighted by atomic mass is 79.9. The molecule has 0 spiro atoms. The van der Waals surface area contributed by atoms with Crippen molar-refractivity contribution in [1.29, 1.82) is 0 Å². The molecule has 19 heavy (non-hydrogen) atoms. The standard InChI is InChI=1S/C15H11BrO3/c1-9-4-11(7-16)15-12(5-9)13(17)6-14(19-15)10-2-3-18-8-10/h2-6,8H,7H2,1H3. The van der Waals surface area contributed by atoms with Crippen molar-refractivity contribution in [3.8, 4) is 11.3 Å². The molecule has 0 aliphatic heterocycles. The van der Waals surface area contributed by atoms with Crippen molar-refractivity contribution in [3.63, 3.8) is 0 Å². The SMILES string of the molecule is Cc1cc(CBr)c2oc(-c3ccoc3)cc(=O)c2c1. The van der Waals surface area contributed by atoms with E-state index in [0.29, 0.717) is 22.1 Å². The Hall–Kier alpha value is -1.81. The zero-order valence-electron chi connectivity index (χ0n) is 10.3. The Balaban J connectivity index is 2.37. The van der Waals surface area contributed by atoms with Crippen LogP contribution in [0.15, 0.2) is 50.4 Å². The summed E-state index contributed by atoms with van der Waals surface area (Å²) < 4.78 is 10.9. The van der Waals surface area contributed by atoms with E-state index in [0.717, 1.165) is 16.7 Å². The molecule has 0 amide bonds. The molecule has 3 rings (SSSR count). The second kappa shape index (κ2) is 4.70. The van der Waals surface area contributed by atoms with Gasteiger partial charge in [-0.3, -0.25) is 4.79 Å². The molecule has 1 aromatic carbocycles. The van der Waals surface area contributed by atoms with Gasteiger partial charge in [-0.15, -0.1) is 0 Å². The van der Waals surface area contributed by atoms with Crippen LogP contribution in [-0.4, -0.2) is 0 Å². The van der Waals surface area contributed by atoms with Gasteiger partial charge in [0.05, 0.1) is 17.2 Å². The van der Waals surface area contributed by atoms with E-state index >= 15 is 0 Å². The third kappa shape index (κ3) is 2.12. The summed E-state index contributed by atoms with van der Waals surface area (Å²) >= 11 is 3.43. The lowest BCUT2D eigenvalue weighted by molar-refractivity contribution is 0.564. The third-order valence-electron chi connectivity index (χ3n) is 3.00. The molecular formula is C15H11BrO3. The molecule has 0 atom stereocenters. The minimum absolute atomic E-state index is 0.0386. The van der Waals surface area contributed by atoms with Crippen molar-refractivity contribution in [2.45, 2.75) is 12.3 Å². The predicted octanol–water partition coefficient (Wildman–Crippen LogP) is 4.26. The van der Waals surface area contributed by atoms with E-state index < -0.39 is 0 Å². The van der Waals surface area contributed by atoms with Gasteiger partial charge in [-0.05, 0) is 24.6 Å². The largest absolute Gasteiger partial charge is 0.472 e. The lowest BCUT2D eigenvalue weighted by Gasteiger charge is -2.06. The van der Waals surface area contributed by atoms with Gasteiger partial charge in [0.15, 0.2) is 5.43 Å². The summed E-state index contributed by atoms with van der Waals surface area (Å²) in [6.45, 7) is 1.97.